The van der Waals surface area contributed by atoms with Gasteiger partial charge in [-0.05, 0) is 6.92 Å². The molecule has 0 fully saturated rings. The Kier molecular flexibility index (Phi) is 5.59. The molecule has 1 radical (unpaired) electrons. The van der Waals surface area contributed by atoms with Crippen molar-refractivity contribution in [3.8, 4) is 0 Å². The molecule has 0 aromatic heterocycles. The molecule has 1 aliphatic rings. The van der Waals surface area contributed by atoms with E-state index in [1.807, 2.05) is 0 Å². The largest absolute Gasteiger partial charge is 0.495 e. The molecule has 0 saturated carbocycles. The molecule has 3 nitrogen and oxygen atoms in total. The van der Waals surface area contributed by atoms with Gasteiger partial charge in [-0.25, -0.2) is 0 Å². The van der Waals surface area contributed by atoms with Gasteiger partial charge in [-0.3, -0.25) is 4.79 Å². The van der Waals surface area contributed by atoms with E-state index in [1.165, 1.54) is 6.26 Å². The Hall–Kier alpha value is 0.612. The number of Topliss-reactive ketones (excluding diaryl/α,β-unsaturated/α-hetero) is 1. The molecular formula is C7H10AcO3. The second-order valence-electron chi connectivity index (χ2n) is 2.37. The van der Waals surface area contributed by atoms with Crippen LogP contribution in [0.3, 0.4) is 0 Å². The quantitative estimate of drug-likeness (QED) is 0.721. The van der Waals surface area contributed by atoms with E-state index >= 15 is 0 Å². The van der Waals surface area contributed by atoms with Gasteiger partial charge >= 0.3 is 0 Å². The Morgan fingerprint density at radius 3 is 2.91 bits per heavy atom. The van der Waals surface area contributed by atoms with E-state index in [-0.39, 0.29) is 62.6 Å². The summed E-state index contributed by atoms with van der Waals surface area (Å²) < 4.78 is 4.98. The summed E-state index contributed by atoms with van der Waals surface area (Å²) in [4.78, 5) is 10.9. The van der Waals surface area contributed by atoms with Crippen molar-refractivity contribution in [3.63, 3.8) is 0 Å². The topological polar surface area (TPSA) is 46.5 Å². The molecule has 0 saturated heterocycles. The van der Waals surface area contributed by atoms with Crippen LogP contribution in [0.15, 0.2) is 11.8 Å². The Balaban J connectivity index is 0.000001000. The maximum atomic E-state index is 10.9. The zero-order valence-corrected chi connectivity index (χ0v) is 11.2. The van der Waals surface area contributed by atoms with Gasteiger partial charge < -0.3 is 9.84 Å². The third-order valence-corrected chi connectivity index (χ3v) is 1.49. The zero-order valence-electron chi connectivity index (χ0n) is 6.41. The third kappa shape index (κ3) is 3.23. The number of allylic oxidation sites excluding steroid dienone is 1. The number of carbonyl (C=O) groups excluding carboxylic acids is 1. The number of aliphatic hydroxyl groups excluding tert-OH is 1. The number of ketones is 1. The molecule has 0 aromatic carbocycles. The maximum Gasteiger partial charge on any atom is 0.165 e. The van der Waals surface area contributed by atoms with Crippen LogP contribution in [0.4, 0.5) is 0 Å². The molecule has 1 heterocycles. The van der Waals surface area contributed by atoms with Crippen molar-refractivity contribution in [3.05, 3.63) is 11.8 Å². The molecule has 0 aromatic rings. The van der Waals surface area contributed by atoms with Gasteiger partial charge in [0, 0.05) is 49.6 Å². The van der Waals surface area contributed by atoms with Crippen LogP contribution in [-0.2, 0) is 9.53 Å². The standard InChI is InChI=1S/C7H10O3.Ac/c1-5-4-10-6(3-8)2-7(5)9;/h4,6,8H,2-3H2,1H3;. The normalized spacial score (nSPS) is 23.3. The minimum Gasteiger partial charge on any atom is -0.495 e. The minimum atomic E-state index is -0.323. The fourth-order valence-corrected chi connectivity index (χ4v) is 0.787. The second-order valence-corrected chi connectivity index (χ2v) is 2.37. The molecule has 0 aliphatic carbocycles. The van der Waals surface area contributed by atoms with Gasteiger partial charge in [0.05, 0.1) is 19.3 Å². The van der Waals surface area contributed by atoms with E-state index < -0.39 is 0 Å². The van der Waals surface area contributed by atoms with Gasteiger partial charge in [0.15, 0.2) is 5.78 Å². The first kappa shape index (κ1) is 11.6. The van der Waals surface area contributed by atoms with E-state index in [0.717, 1.165) is 0 Å². The van der Waals surface area contributed by atoms with Crippen molar-refractivity contribution in [1.82, 2.24) is 0 Å². The first-order chi connectivity index (χ1) is 4.74. The Bertz CT molecular complexity index is 177. The van der Waals surface area contributed by atoms with Crippen LogP contribution in [0.2, 0.25) is 0 Å². The van der Waals surface area contributed by atoms with Crippen LogP contribution < -0.4 is 0 Å². The number of carbonyl (C=O) groups is 1. The zero-order chi connectivity index (χ0) is 7.56. The Morgan fingerprint density at radius 1 is 1.82 bits per heavy atom. The predicted molar refractivity (Wildman–Crippen MR) is 35.3 cm³/mol. The number of hydrogen-bond donors (Lipinski definition) is 1. The monoisotopic (exact) mass is 369 g/mol. The van der Waals surface area contributed by atoms with Crippen LogP contribution in [0.1, 0.15) is 13.3 Å². The molecule has 59 valence electrons. The van der Waals surface area contributed by atoms with E-state index in [0.29, 0.717) is 12.0 Å². The first-order valence-corrected chi connectivity index (χ1v) is 3.20. The SMILES string of the molecule is CC1=COC(CO)CC1=O.[Ac]. The van der Waals surface area contributed by atoms with Gasteiger partial charge in [0.1, 0.15) is 6.10 Å². The molecule has 1 unspecified atom stereocenters. The van der Waals surface area contributed by atoms with Gasteiger partial charge in [0.2, 0.25) is 0 Å². The third-order valence-electron chi connectivity index (χ3n) is 1.49. The summed E-state index contributed by atoms with van der Waals surface area (Å²) in [6.45, 7) is 1.62. The molecule has 0 bridgehead atoms. The van der Waals surface area contributed by atoms with E-state index in [9.17, 15) is 4.79 Å². The number of ether oxygens (including phenoxy) is 1. The summed E-state index contributed by atoms with van der Waals surface area (Å²) >= 11 is 0. The van der Waals surface area contributed by atoms with E-state index in [1.54, 1.807) is 6.92 Å². The summed E-state index contributed by atoms with van der Waals surface area (Å²) in [7, 11) is 0. The van der Waals surface area contributed by atoms with Crippen molar-refractivity contribution in [2.45, 2.75) is 19.4 Å². The number of rotatable bonds is 1. The van der Waals surface area contributed by atoms with Crippen LogP contribution >= 0.6 is 0 Å². The molecule has 4 heteroatoms. The summed E-state index contributed by atoms with van der Waals surface area (Å²) in [5, 5.41) is 8.59. The number of hydrogen-bond acceptors (Lipinski definition) is 3. The Morgan fingerprint density at radius 2 is 2.45 bits per heavy atom. The van der Waals surface area contributed by atoms with Crippen molar-refractivity contribution >= 4 is 5.78 Å². The van der Waals surface area contributed by atoms with E-state index in [2.05, 4.69) is 0 Å². The summed E-state index contributed by atoms with van der Waals surface area (Å²) in [6, 6.07) is 0. The Labute approximate surface area is 101 Å². The predicted octanol–water partition coefficient (Wildman–Crippen LogP) is 0.240. The molecule has 0 amide bonds. The average molecular weight is 369 g/mol. The van der Waals surface area contributed by atoms with Crippen LogP contribution in [0, 0.1) is 44.1 Å². The van der Waals surface area contributed by atoms with E-state index in [4.69, 9.17) is 9.84 Å². The smallest absolute Gasteiger partial charge is 0.165 e. The van der Waals surface area contributed by atoms with Crippen LogP contribution in [0.5, 0.6) is 0 Å². The molecule has 0 spiro atoms. The van der Waals surface area contributed by atoms with Crippen LogP contribution in [0.25, 0.3) is 0 Å². The fourth-order valence-electron chi connectivity index (χ4n) is 0.787. The van der Waals surface area contributed by atoms with Gasteiger partial charge in [-0.2, -0.15) is 0 Å². The maximum absolute atomic E-state index is 10.9. The molecule has 11 heavy (non-hydrogen) atoms. The van der Waals surface area contributed by atoms with Crippen molar-refractivity contribution in [1.29, 1.82) is 0 Å². The summed E-state index contributed by atoms with van der Waals surface area (Å²) in [6.07, 6.45) is 1.39. The molecular weight excluding hydrogens is 359 g/mol. The van der Waals surface area contributed by atoms with Crippen molar-refractivity contribution in [2.75, 3.05) is 6.61 Å². The molecule has 1 aliphatic heterocycles. The van der Waals surface area contributed by atoms with Gasteiger partial charge in [-0.1, -0.05) is 0 Å². The molecule has 1 atom stereocenters. The minimum absolute atomic E-state index is 0. The average Bonchev–Trinajstić information content (AvgIpc) is 1.95. The van der Waals surface area contributed by atoms with Crippen molar-refractivity contribution < 1.29 is 58.7 Å². The summed E-state index contributed by atoms with van der Waals surface area (Å²) in [5.41, 5.74) is 0.629. The number of aliphatic hydroxyl groups is 1. The van der Waals surface area contributed by atoms with Gasteiger partial charge in [-0.15, -0.1) is 0 Å². The first-order valence-electron chi connectivity index (χ1n) is 3.20. The second kappa shape index (κ2) is 5.29. The molecule has 1 rings (SSSR count). The van der Waals surface area contributed by atoms with Crippen molar-refractivity contribution in [2.24, 2.45) is 0 Å². The van der Waals surface area contributed by atoms with Crippen LogP contribution in [-0.4, -0.2) is 23.6 Å². The summed E-state index contributed by atoms with van der Waals surface area (Å²) in [5.74, 6) is 0.0605. The van der Waals surface area contributed by atoms with Gasteiger partial charge in [0.25, 0.3) is 0 Å². The molecule has 1 N–H and O–H groups in total. The fraction of sp³-hybridized carbons (Fsp3) is 0.571.